The minimum atomic E-state index is -1.27. The molecule has 4 aromatic rings. The average Bonchev–Trinajstić information content (AvgIpc) is 2.85. The van der Waals surface area contributed by atoms with E-state index in [0.29, 0.717) is 0 Å². The summed E-state index contributed by atoms with van der Waals surface area (Å²) in [7, 11) is 0. The van der Waals surface area contributed by atoms with Crippen LogP contribution >= 0.6 is 46.4 Å². The van der Waals surface area contributed by atoms with Gasteiger partial charge in [0.1, 0.15) is 22.6 Å². The number of carboxylic acid groups (broad SMARTS) is 2. The molecule has 0 bridgehead atoms. The number of pyridine rings is 2. The van der Waals surface area contributed by atoms with Gasteiger partial charge in [0.2, 0.25) is 0 Å². The van der Waals surface area contributed by atoms with Crippen molar-refractivity contribution in [2.75, 3.05) is 0 Å². The summed E-state index contributed by atoms with van der Waals surface area (Å²) in [5.74, 6) is -3.46. The highest BCUT2D eigenvalue weighted by Gasteiger charge is 2.14. The van der Waals surface area contributed by atoms with Crippen LogP contribution in [0, 0.1) is 0 Å². The molecule has 0 aliphatic rings. The maximum absolute atomic E-state index is 10.4. The van der Waals surface area contributed by atoms with E-state index >= 15 is 0 Å². The first kappa shape index (κ1) is 28.7. The molecule has 0 aliphatic carbocycles. The lowest BCUT2D eigenvalue weighted by Gasteiger charge is -2.01. The van der Waals surface area contributed by atoms with Crippen molar-refractivity contribution in [3.8, 4) is 22.6 Å². The van der Waals surface area contributed by atoms with Crippen molar-refractivity contribution >= 4 is 58.3 Å². The number of carboxylic acids is 2. The first-order valence-corrected chi connectivity index (χ1v) is 11.2. The quantitative estimate of drug-likeness (QED) is 0.208. The molecular formula is C24H16Cl4N2O6. The molecule has 0 fully saturated rings. The smallest absolute Gasteiger partial charge is 0.339 e. The Kier molecular flexibility index (Phi) is 10.8. The number of aromatic hydroxyl groups is 2. The van der Waals surface area contributed by atoms with Gasteiger partial charge in [-0.2, -0.15) is 0 Å². The lowest BCUT2D eigenvalue weighted by molar-refractivity contribution is 0.0682. The molecule has 0 spiro atoms. The molecule has 4 rings (SSSR count). The Morgan fingerprint density at radius 2 is 0.889 bits per heavy atom. The summed E-state index contributed by atoms with van der Waals surface area (Å²) in [6.07, 6.45) is 7.15. The highest BCUT2D eigenvalue weighted by molar-refractivity contribution is 6.36. The number of aromatic nitrogens is 2. The van der Waals surface area contributed by atoms with Crippen LogP contribution in [0.4, 0.5) is 0 Å². The predicted octanol–water partition coefficient (Wildman–Crippen LogP) is 6.94. The zero-order valence-electron chi connectivity index (χ0n) is 17.9. The summed E-state index contributed by atoms with van der Waals surface area (Å²) >= 11 is 21.9. The molecule has 2 heterocycles. The first-order valence-electron chi connectivity index (χ1n) is 9.64. The Labute approximate surface area is 224 Å². The zero-order valence-corrected chi connectivity index (χ0v) is 21.0. The molecule has 12 heteroatoms. The summed E-state index contributed by atoms with van der Waals surface area (Å²) in [5, 5.41) is 35.5. The van der Waals surface area contributed by atoms with Crippen molar-refractivity contribution in [1.82, 2.24) is 9.97 Å². The third-order valence-electron chi connectivity index (χ3n) is 4.21. The average molecular weight is 570 g/mol. The second kappa shape index (κ2) is 13.5. The van der Waals surface area contributed by atoms with E-state index in [9.17, 15) is 9.59 Å². The molecule has 0 unspecified atom stereocenters. The molecule has 4 N–H and O–H groups in total. The van der Waals surface area contributed by atoms with Gasteiger partial charge in [-0.25, -0.2) is 9.59 Å². The Morgan fingerprint density at radius 1 is 0.583 bits per heavy atom. The Hall–Kier alpha value is -3.56. The number of phenols is 2. The fraction of sp³-hybridized carbons (Fsp3) is 0. The maximum atomic E-state index is 10.4. The van der Waals surface area contributed by atoms with Crippen LogP contribution < -0.4 is 0 Å². The Balaban J connectivity index is 0.000000190. The summed E-state index contributed by atoms with van der Waals surface area (Å²) in [4.78, 5) is 28.8. The van der Waals surface area contributed by atoms with Crippen LogP contribution in [0.1, 0.15) is 20.7 Å². The summed E-state index contributed by atoms with van der Waals surface area (Å²) < 4.78 is 0. The third-order valence-corrected chi connectivity index (χ3v) is 5.22. The fourth-order valence-electron chi connectivity index (χ4n) is 2.55. The normalized spacial score (nSPS) is 9.78. The molecule has 0 amide bonds. The van der Waals surface area contributed by atoms with Gasteiger partial charge in [0.25, 0.3) is 0 Å². The van der Waals surface area contributed by atoms with Gasteiger partial charge in [0.15, 0.2) is 0 Å². The Morgan fingerprint density at radius 3 is 1.17 bits per heavy atom. The number of nitrogens with zero attached hydrogens (tertiary/aromatic N) is 2. The lowest BCUT2D eigenvalue weighted by Crippen LogP contribution is -1.96. The Bertz CT molecular complexity index is 1250. The van der Waals surface area contributed by atoms with Crippen molar-refractivity contribution < 1.29 is 30.0 Å². The molecule has 2 aromatic heterocycles. The monoisotopic (exact) mass is 568 g/mol. The van der Waals surface area contributed by atoms with Crippen molar-refractivity contribution in [2.45, 2.75) is 0 Å². The molecule has 0 radical (unpaired) electrons. The number of carbonyl (C=O) groups is 2. The fourth-order valence-corrected chi connectivity index (χ4v) is 3.53. The lowest BCUT2D eigenvalue weighted by atomic mass is 10.1. The van der Waals surface area contributed by atoms with Gasteiger partial charge in [-0.1, -0.05) is 46.4 Å². The van der Waals surface area contributed by atoms with Crippen LogP contribution in [0.5, 0.6) is 11.5 Å². The zero-order chi connectivity index (χ0) is 26.8. The van der Waals surface area contributed by atoms with Gasteiger partial charge in [-0.05, 0) is 59.7 Å². The molecule has 186 valence electrons. The number of hydrogen-bond acceptors (Lipinski definition) is 6. The van der Waals surface area contributed by atoms with E-state index in [1.165, 1.54) is 23.3 Å². The number of hydrogen-bond donors (Lipinski definition) is 4. The number of halogens is 4. The minimum absolute atomic E-state index is 0.0695. The van der Waals surface area contributed by atoms with Gasteiger partial charge in [0, 0.05) is 34.8 Å². The predicted molar refractivity (Wildman–Crippen MR) is 138 cm³/mol. The second-order valence-electron chi connectivity index (χ2n) is 6.65. The minimum Gasteiger partial charge on any atom is -0.505 e. The van der Waals surface area contributed by atoms with Crippen molar-refractivity contribution in [3.05, 3.63) is 105 Å². The highest BCUT2D eigenvalue weighted by Crippen LogP contribution is 2.31. The molecular weight excluding hydrogens is 554 g/mol. The van der Waals surface area contributed by atoms with E-state index in [0.717, 1.165) is 12.1 Å². The van der Waals surface area contributed by atoms with Crippen LogP contribution in [0.15, 0.2) is 73.3 Å². The first-order chi connectivity index (χ1) is 17.0. The molecule has 2 aromatic carbocycles. The van der Waals surface area contributed by atoms with Crippen LogP contribution in [-0.2, 0) is 0 Å². The van der Waals surface area contributed by atoms with Gasteiger partial charge in [-0.15, -0.1) is 0 Å². The number of benzene rings is 2. The van der Waals surface area contributed by atoms with Crippen LogP contribution in [0.2, 0.25) is 20.1 Å². The molecule has 0 atom stereocenters. The van der Waals surface area contributed by atoms with E-state index in [2.05, 4.69) is 9.97 Å². The van der Waals surface area contributed by atoms with Crippen LogP contribution in [-0.4, -0.2) is 42.3 Å². The molecule has 0 aliphatic heterocycles. The SMILES string of the molecule is O=C(O)c1cc(Cl)cc(Cl)c1O.O=C(O)c1cc(Cl)cc(Cl)c1O.c1cc(-c2ccncc2)ccn1. The topological polar surface area (TPSA) is 141 Å². The van der Waals surface area contributed by atoms with Crippen LogP contribution in [0.3, 0.4) is 0 Å². The summed E-state index contributed by atoms with van der Waals surface area (Å²) in [5.41, 5.74) is 1.75. The number of aromatic carboxylic acids is 2. The summed E-state index contributed by atoms with van der Waals surface area (Å²) in [6, 6.07) is 12.7. The van der Waals surface area contributed by atoms with Gasteiger partial charge >= 0.3 is 11.9 Å². The van der Waals surface area contributed by atoms with Crippen molar-refractivity contribution in [2.24, 2.45) is 0 Å². The van der Waals surface area contributed by atoms with Gasteiger partial charge in [-0.3, -0.25) is 9.97 Å². The van der Waals surface area contributed by atoms with Gasteiger partial charge < -0.3 is 20.4 Å². The van der Waals surface area contributed by atoms with E-state index in [4.69, 9.17) is 66.8 Å². The number of rotatable bonds is 3. The van der Waals surface area contributed by atoms with Gasteiger partial charge in [0.05, 0.1) is 10.0 Å². The second-order valence-corrected chi connectivity index (χ2v) is 8.34. The van der Waals surface area contributed by atoms with Crippen molar-refractivity contribution in [3.63, 3.8) is 0 Å². The van der Waals surface area contributed by atoms with Crippen LogP contribution in [0.25, 0.3) is 11.1 Å². The maximum Gasteiger partial charge on any atom is 0.339 e. The summed E-state index contributed by atoms with van der Waals surface area (Å²) in [6.45, 7) is 0. The molecule has 8 nitrogen and oxygen atoms in total. The highest BCUT2D eigenvalue weighted by atomic mass is 35.5. The van der Waals surface area contributed by atoms with E-state index in [-0.39, 0.29) is 31.2 Å². The third kappa shape index (κ3) is 8.28. The molecule has 0 saturated heterocycles. The largest absolute Gasteiger partial charge is 0.505 e. The molecule has 0 saturated carbocycles. The molecule has 36 heavy (non-hydrogen) atoms. The van der Waals surface area contributed by atoms with E-state index in [1.807, 2.05) is 24.3 Å². The standard InChI is InChI=1S/C10H8N2.2C7H4Cl2O3/c1-5-11-6-2-9(1)10-3-7-12-8-4-10;2*8-3-1-4(7(11)12)6(10)5(9)2-3/h1-8H;2*1-2,10H,(H,11,12). The van der Waals surface area contributed by atoms with Crippen molar-refractivity contribution in [1.29, 1.82) is 0 Å². The van der Waals surface area contributed by atoms with E-state index in [1.54, 1.807) is 24.8 Å². The van der Waals surface area contributed by atoms with E-state index < -0.39 is 23.4 Å².